The minimum Gasteiger partial charge on any atom is -0.332 e. The van der Waals surface area contributed by atoms with Gasteiger partial charge in [-0.2, -0.15) is 4.31 Å². The van der Waals surface area contributed by atoms with Crippen molar-refractivity contribution >= 4 is 10.0 Å². The maximum Gasteiger partial charge on any atom is 0.260 e. The number of imidazole rings is 1. The average molecular weight is 280 g/mol. The third-order valence-electron chi connectivity index (χ3n) is 2.76. The first-order chi connectivity index (χ1) is 9.04. The highest BCUT2D eigenvalue weighted by Gasteiger charge is 2.23. The van der Waals surface area contributed by atoms with Crippen molar-refractivity contribution in [2.45, 2.75) is 24.9 Å². The minimum atomic E-state index is -3.54. The van der Waals surface area contributed by atoms with E-state index < -0.39 is 10.0 Å². The van der Waals surface area contributed by atoms with E-state index in [9.17, 15) is 8.42 Å². The SMILES string of the molecule is CCc1ncc(S(=O)(=O)N(C)Cc2cccnc2)[nH]1. The van der Waals surface area contributed by atoms with Crippen LogP contribution in [-0.4, -0.2) is 34.7 Å². The molecule has 102 valence electrons. The fourth-order valence-electron chi connectivity index (χ4n) is 1.66. The molecule has 2 aromatic heterocycles. The van der Waals surface area contributed by atoms with Crippen LogP contribution in [0.2, 0.25) is 0 Å². The maximum absolute atomic E-state index is 12.3. The third-order valence-corrected chi connectivity index (χ3v) is 4.47. The molecule has 6 nitrogen and oxygen atoms in total. The van der Waals surface area contributed by atoms with Gasteiger partial charge in [0.25, 0.3) is 10.0 Å². The summed E-state index contributed by atoms with van der Waals surface area (Å²) in [7, 11) is -2.00. The predicted octanol–water partition coefficient (Wildman–Crippen LogP) is 1.19. The molecular weight excluding hydrogens is 264 g/mol. The van der Waals surface area contributed by atoms with E-state index in [1.165, 1.54) is 17.5 Å². The first-order valence-electron chi connectivity index (χ1n) is 5.93. The Morgan fingerprint density at radius 3 is 2.74 bits per heavy atom. The molecule has 0 spiro atoms. The van der Waals surface area contributed by atoms with Crippen LogP contribution in [0.25, 0.3) is 0 Å². The van der Waals surface area contributed by atoms with Crippen molar-refractivity contribution in [2.24, 2.45) is 0 Å². The molecule has 0 amide bonds. The zero-order valence-electron chi connectivity index (χ0n) is 10.9. The van der Waals surface area contributed by atoms with Crippen LogP contribution in [0, 0.1) is 0 Å². The summed E-state index contributed by atoms with van der Waals surface area (Å²) >= 11 is 0. The molecule has 0 aliphatic rings. The lowest BCUT2D eigenvalue weighted by atomic mass is 10.3. The van der Waals surface area contributed by atoms with Gasteiger partial charge in [0.05, 0.1) is 6.20 Å². The molecular formula is C12H16N4O2S. The molecule has 0 aromatic carbocycles. The summed E-state index contributed by atoms with van der Waals surface area (Å²) in [5.41, 5.74) is 0.837. The Kier molecular flexibility index (Phi) is 3.96. The number of hydrogen-bond acceptors (Lipinski definition) is 4. The van der Waals surface area contributed by atoms with Gasteiger partial charge >= 0.3 is 0 Å². The van der Waals surface area contributed by atoms with Crippen molar-refractivity contribution in [3.63, 3.8) is 0 Å². The molecule has 0 saturated heterocycles. The lowest BCUT2D eigenvalue weighted by Crippen LogP contribution is -2.26. The molecule has 19 heavy (non-hydrogen) atoms. The Labute approximate surface area is 112 Å². The van der Waals surface area contributed by atoms with Crippen molar-refractivity contribution in [3.8, 4) is 0 Å². The molecule has 7 heteroatoms. The van der Waals surface area contributed by atoms with Gasteiger partial charge in [-0.1, -0.05) is 13.0 Å². The van der Waals surface area contributed by atoms with Crippen LogP contribution in [0.5, 0.6) is 0 Å². The summed E-state index contributed by atoms with van der Waals surface area (Å²) in [4.78, 5) is 10.8. The molecule has 0 radical (unpaired) electrons. The summed E-state index contributed by atoms with van der Waals surface area (Å²) in [5, 5.41) is 0.121. The van der Waals surface area contributed by atoms with Crippen LogP contribution >= 0.6 is 0 Å². The fraction of sp³-hybridized carbons (Fsp3) is 0.333. The predicted molar refractivity (Wildman–Crippen MR) is 70.9 cm³/mol. The highest BCUT2D eigenvalue weighted by molar-refractivity contribution is 7.89. The molecule has 0 atom stereocenters. The standard InChI is InChI=1S/C12H16N4O2S/c1-3-11-14-8-12(15-11)19(17,18)16(2)9-10-5-4-6-13-7-10/h4-8H,3,9H2,1-2H3,(H,14,15). The fourth-order valence-corrected chi connectivity index (χ4v) is 2.74. The van der Waals surface area contributed by atoms with Crippen molar-refractivity contribution in [3.05, 3.63) is 42.1 Å². The third kappa shape index (κ3) is 2.99. The summed E-state index contributed by atoms with van der Waals surface area (Å²) in [5.74, 6) is 0.661. The van der Waals surface area contributed by atoms with Crippen molar-refractivity contribution < 1.29 is 8.42 Å². The largest absolute Gasteiger partial charge is 0.332 e. The van der Waals surface area contributed by atoms with Gasteiger partial charge in [-0.3, -0.25) is 4.98 Å². The van der Waals surface area contributed by atoms with E-state index in [1.54, 1.807) is 18.5 Å². The molecule has 2 rings (SSSR count). The number of aryl methyl sites for hydroxylation is 1. The Bertz CT molecular complexity index is 637. The molecule has 0 aliphatic heterocycles. The zero-order valence-corrected chi connectivity index (χ0v) is 11.7. The van der Waals surface area contributed by atoms with Crippen LogP contribution in [0.1, 0.15) is 18.3 Å². The first kappa shape index (κ1) is 13.7. The second-order valence-corrected chi connectivity index (χ2v) is 6.18. The summed E-state index contributed by atoms with van der Waals surface area (Å²) in [6.45, 7) is 2.19. The zero-order chi connectivity index (χ0) is 13.9. The molecule has 2 aromatic rings. The highest BCUT2D eigenvalue weighted by atomic mass is 32.2. The highest BCUT2D eigenvalue weighted by Crippen LogP contribution is 2.14. The number of nitrogens with zero attached hydrogens (tertiary/aromatic N) is 3. The monoisotopic (exact) mass is 280 g/mol. The topological polar surface area (TPSA) is 79.0 Å². The van der Waals surface area contributed by atoms with Crippen LogP contribution in [0.3, 0.4) is 0 Å². The molecule has 1 N–H and O–H groups in total. The molecule has 0 saturated carbocycles. The van der Waals surface area contributed by atoms with Crippen molar-refractivity contribution in [2.75, 3.05) is 7.05 Å². The molecule has 0 bridgehead atoms. The smallest absolute Gasteiger partial charge is 0.260 e. The van der Waals surface area contributed by atoms with Crippen LogP contribution in [0.4, 0.5) is 0 Å². The van der Waals surface area contributed by atoms with E-state index in [4.69, 9.17) is 0 Å². The Hall–Kier alpha value is -1.73. The number of aromatic amines is 1. The van der Waals surface area contributed by atoms with Gasteiger partial charge < -0.3 is 4.98 Å². The van der Waals surface area contributed by atoms with E-state index in [0.717, 1.165) is 5.56 Å². The summed E-state index contributed by atoms with van der Waals surface area (Å²) < 4.78 is 25.9. The van der Waals surface area contributed by atoms with Crippen molar-refractivity contribution in [1.82, 2.24) is 19.3 Å². The van der Waals surface area contributed by atoms with Crippen LogP contribution < -0.4 is 0 Å². The first-order valence-corrected chi connectivity index (χ1v) is 7.37. The van der Waals surface area contributed by atoms with Crippen molar-refractivity contribution in [1.29, 1.82) is 0 Å². The molecule has 0 unspecified atom stereocenters. The quantitative estimate of drug-likeness (QED) is 0.892. The number of H-pyrrole nitrogens is 1. The summed E-state index contributed by atoms with van der Waals surface area (Å²) in [6.07, 6.45) is 5.33. The van der Waals surface area contributed by atoms with Gasteiger partial charge in [0.1, 0.15) is 5.82 Å². The number of hydrogen-bond donors (Lipinski definition) is 1. The van der Waals surface area contributed by atoms with E-state index in [0.29, 0.717) is 12.2 Å². The normalized spacial score (nSPS) is 11.9. The van der Waals surface area contributed by atoms with E-state index in [-0.39, 0.29) is 11.6 Å². The van der Waals surface area contributed by atoms with Crippen LogP contribution in [-0.2, 0) is 23.0 Å². The van der Waals surface area contributed by atoms with E-state index >= 15 is 0 Å². The Morgan fingerprint density at radius 2 is 2.16 bits per heavy atom. The minimum absolute atomic E-state index is 0.121. The number of nitrogens with one attached hydrogen (secondary N) is 1. The summed E-state index contributed by atoms with van der Waals surface area (Å²) in [6, 6.07) is 3.62. The van der Waals surface area contributed by atoms with Gasteiger partial charge in [-0.05, 0) is 11.6 Å². The van der Waals surface area contributed by atoms with Gasteiger partial charge in [-0.25, -0.2) is 13.4 Å². The second-order valence-electron chi connectivity index (χ2n) is 4.17. The Balaban J connectivity index is 2.19. The molecule has 2 heterocycles. The van der Waals surface area contributed by atoms with E-state index in [2.05, 4.69) is 15.0 Å². The lowest BCUT2D eigenvalue weighted by molar-refractivity contribution is 0.463. The number of aromatic nitrogens is 3. The van der Waals surface area contributed by atoms with Gasteiger partial charge in [-0.15, -0.1) is 0 Å². The molecule has 0 fully saturated rings. The number of sulfonamides is 1. The van der Waals surface area contributed by atoms with Gasteiger partial charge in [0, 0.05) is 32.4 Å². The second kappa shape index (κ2) is 5.50. The molecule has 0 aliphatic carbocycles. The number of pyridine rings is 1. The van der Waals surface area contributed by atoms with Crippen LogP contribution in [0.15, 0.2) is 35.7 Å². The van der Waals surface area contributed by atoms with Gasteiger partial charge in [0.2, 0.25) is 0 Å². The van der Waals surface area contributed by atoms with E-state index in [1.807, 2.05) is 13.0 Å². The van der Waals surface area contributed by atoms with Gasteiger partial charge in [0.15, 0.2) is 5.03 Å². The average Bonchev–Trinajstić information content (AvgIpc) is 2.89. The lowest BCUT2D eigenvalue weighted by Gasteiger charge is -2.15. The maximum atomic E-state index is 12.3. The number of rotatable bonds is 5. The Morgan fingerprint density at radius 1 is 1.37 bits per heavy atom.